The van der Waals surface area contributed by atoms with Gasteiger partial charge >= 0.3 is 0 Å². The monoisotopic (exact) mass is 289 g/mol. The Balaban J connectivity index is 2.17. The normalized spacial score (nSPS) is 9.70. The molecule has 0 saturated heterocycles. The van der Waals surface area contributed by atoms with Gasteiger partial charge in [-0.25, -0.2) is 4.39 Å². The van der Waals surface area contributed by atoms with Crippen LogP contribution in [0.2, 0.25) is 0 Å². The second-order valence-corrected chi connectivity index (χ2v) is 4.94. The minimum Gasteiger partial charge on any atom is -0.384 e. The highest BCUT2D eigenvalue weighted by atomic mass is 32.1. The molecule has 0 aliphatic carbocycles. The zero-order chi connectivity index (χ0) is 14.4. The molecule has 0 spiro atoms. The van der Waals surface area contributed by atoms with E-state index in [4.69, 9.17) is 5.11 Å². The van der Waals surface area contributed by atoms with Gasteiger partial charge in [-0.15, -0.1) is 11.3 Å². The van der Waals surface area contributed by atoms with Gasteiger partial charge in [0.25, 0.3) is 5.91 Å². The Morgan fingerprint density at radius 1 is 1.40 bits per heavy atom. The molecule has 5 heteroatoms. The fraction of sp³-hybridized carbons (Fsp3) is 0.133. The van der Waals surface area contributed by atoms with E-state index in [1.807, 2.05) is 17.5 Å². The van der Waals surface area contributed by atoms with Crippen molar-refractivity contribution in [3.63, 3.8) is 0 Å². The lowest BCUT2D eigenvalue weighted by Gasteiger charge is -2.06. The maximum atomic E-state index is 13.3. The molecule has 3 nitrogen and oxygen atoms in total. The van der Waals surface area contributed by atoms with E-state index in [-0.39, 0.29) is 18.1 Å². The van der Waals surface area contributed by atoms with E-state index in [0.29, 0.717) is 12.1 Å². The molecule has 0 fully saturated rings. The molecular weight excluding hydrogens is 277 g/mol. The van der Waals surface area contributed by atoms with E-state index < -0.39 is 5.82 Å². The zero-order valence-electron chi connectivity index (χ0n) is 10.5. The van der Waals surface area contributed by atoms with Gasteiger partial charge in [0.05, 0.1) is 12.1 Å². The van der Waals surface area contributed by atoms with Crippen LogP contribution in [0.5, 0.6) is 0 Å². The summed E-state index contributed by atoms with van der Waals surface area (Å²) in [5, 5.41) is 13.3. The Hall–Kier alpha value is -2.16. The second kappa shape index (κ2) is 6.85. The van der Waals surface area contributed by atoms with Crippen LogP contribution in [0.1, 0.15) is 20.8 Å². The summed E-state index contributed by atoms with van der Waals surface area (Å²) < 4.78 is 13.3. The first kappa shape index (κ1) is 14.3. The van der Waals surface area contributed by atoms with Crippen LogP contribution in [0, 0.1) is 17.7 Å². The van der Waals surface area contributed by atoms with Gasteiger partial charge in [0.2, 0.25) is 0 Å². The van der Waals surface area contributed by atoms with E-state index in [0.717, 1.165) is 10.9 Å². The molecule has 0 atom stereocenters. The number of aliphatic hydroxyl groups excluding tert-OH is 1. The molecule has 1 amide bonds. The van der Waals surface area contributed by atoms with Crippen molar-refractivity contribution in [3.8, 4) is 11.8 Å². The lowest BCUT2D eigenvalue weighted by molar-refractivity contribution is 0.0950. The summed E-state index contributed by atoms with van der Waals surface area (Å²) in [4.78, 5) is 13.1. The van der Waals surface area contributed by atoms with Gasteiger partial charge in [0, 0.05) is 10.4 Å². The molecule has 0 aliphatic heterocycles. The summed E-state index contributed by atoms with van der Waals surface area (Å²) in [5.41, 5.74) is 0.562. The number of amides is 1. The van der Waals surface area contributed by atoms with Crippen molar-refractivity contribution in [2.45, 2.75) is 6.54 Å². The number of carbonyl (C=O) groups is 1. The highest BCUT2D eigenvalue weighted by Crippen LogP contribution is 2.12. The molecule has 0 aliphatic rings. The highest BCUT2D eigenvalue weighted by Gasteiger charge is 2.11. The van der Waals surface area contributed by atoms with Crippen molar-refractivity contribution in [2.24, 2.45) is 0 Å². The molecule has 0 bridgehead atoms. The second-order valence-electron chi connectivity index (χ2n) is 3.91. The molecule has 2 aromatic rings. The van der Waals surface area contributed by atoms with Gasteiger partial charge < -0.3 is 10.4 Å². The Morgan fingerprint density at radius 2 is 2.25 bits per heavy atom. The van der Waals surface area contributed by atoms with Crippen molar-refractivity contribution in [1.29, 1.82) is 0 Å². The molecule has 0 radical (unpaired) electrons. The fourth-order valence-corrected chi connectivity index (χ4v) is 2.27. The maximum Gasteiger partial charge on any atom is 0.252 e. The van der Waals surface area contributed by atoms with Crippen LogP contribution in [0.4, 0.5) is 4.39 Å². The van der Waals surface area contributed by atoms with Crippen LogP contribution in [-0.2, 0) is 6.54 Å². The van der Waals surface area contributed by atoms with Gasteiger partial charge in [-0.3, -0.25) is 4.79 Å². The molecule has 1 aromatic heterocycles. The number of hydrogen-bond donors (Lipinski definition) is 2. The van der Waals surface area contributed by atoms with E-state index in [9.17, 15) is 9.18 Å². The molecule has 1 aromatic carbocycles. The van der Waals surface area contributed by atoms with Crippen LogP contribution in [0.3, 0.4) is 0 Å². The van der Waals surface area contributed by atoms with Gasteiger partial charge in [0.15, 0.2) is 0 Å². The van der Waals surface area contributed by atoms with Crippen molar-refractivity contribution in [1.82, 2.24) is 5.32 Å². The number of nitrogens with one attached hydrogen (secondary N) is 1. The zero-order valence-corrected chi connectivity index (χ0v) is 11.3. The van der Waals surface area contributed by atoms with E-state index >= 15 is 0 Å². The topological polar surface area (TPSA) is 49.3 Å². The largest absolute Gasteiger partial charge is 0.384 e. The summed E-state index contributed by atoms with van der Waals surface area (Å²) in [5.74, 6) is 4.21. The molecule has 102 valence electrons. The predicted octanol–water partition coefficient (Wildman–Crippen LogP) is 2.16. The van der Waals surface area contributed by atoms with Crippen LogP contribution < -0.4 is 5.32 Å². The van der Waals surface area contributed by atoms with Crippen LogP contribution >= 0.6 is 11.3 Å². The number of benzene rings is 1. The third kappa shape index (κ3) is 3.67. The first-order valence-corrected chi connectivity index (χ1v) is 6.78. The Bertz CT molecular complexity index is 656. The van der Waals surface area contributed by atoms with Gasteiger partial charge in [-0.05, 0) is 29.6 Å². The lowest BCUT2D eigenvalue weighted by atomic mass is 10.1. The fourth-order valence-electron chi connectivity index (χ4n) is 1.62. The van der Waals surface area contributed by atoms with Gasteiger partial charge in [-0.1, -0.05) is 17.9 Å². The molecule has 20 heavy (non-hydrogen) atoms. The number of halogens is 1. The van der Waals surface area contributed by atoms with Crippen molar-refractivity contribution in [3.05, 3.63) is 57.5 Å². The first-order chi connectivity index (χ1) is 9.70. The van der Waals surface area contributed by atoms with Crippen LogP contribution in [0.25, 0.3) is 0 Å². The summed E-state index contributed by atoms with van der Waals surface area (Å²) in [6.07, 6.45) is 0. The van der Waals surface area contributed by atoms with Crippen LogP contribution in [-0.4, -0.2) is 17.6 Å². The summed E-state index contributed by atoms with van der Waals surface area (Å²) in [7, 11) is 0. The lowest BCUT2D eigenvalue weighted by Crippen LogP contribution is -2.23. The van der Waals surface area contributed by atoms with E-state index in [1.165, 1.54) is 23.5 Å². The third-order valence-electron chi connectivity index (χ3n) is 2.53. The maximum absolute atomic E-state index is 13.3. The van der Waals surface area contributed by atoms with Gasteiger partial charge in [0.1, 0.15) is 12.4 Å². The molecule has 1 heterocycles. The third-order valence-corrected chi connectivity index (χ3v) is 3.41. The van der Waals surface area contributed by atoms with E-state index in [2.05, 4.69) is 17.2 Å². The predicted molar refractivity (Wildman–Crippen MR) is 75.9 cm³/mol. The first-order valence-electron chi connectivity index (χ1n) is 5.90. The number of hydrogen-bond acceptors (Lipinski definition) is 3. The van der Waals surface area contributed by atoms with Crippen molar-refractivity contribution < 1.29 is 14.3 Å². The number of aliphatic hydroxyl groups is 1. The van der Waals surface area contributed by atoms with Gasteiger partial charge in [-0.2, -0.15) is 0 Å². The summed E-state index contributed by atoms with van der Waals surface area (Å²) in [6, 6.07) is 7.61. The Morgan fingerprint density at radius 3 is 2.95 bits per heavy atom. The Labute approximate surface area is 120 Å². The quantitative estimate of drug-likeness (QED) is 0.851. The number of rotatable bonds is 3. The molecular formula is C15H12FNO2S. The highest BCUT2D eigenvalue weighted by molar-refractivity contribution is 7.09. The minimum absolute atomic E-state index is 0.169. The minimum atomic E-state index is -0.499. The van der Waals surface area contributed by atoms with Crippen molar-refractivity contribution >= 4 is 17.2 Å². The summed E-state index contributed by atoms with van der Waals surface area (Å²) in [6.45, 7) is 0.0769. The molecule has 0 saturated carbocycles. The standard InChI is InChI=1S/C15H12FNO2S/c16-12-6-5-11(3-1-7-18)14(9-12)15(19)17-10-13-4-2-8-20-13/h2,4-6,8-9,18H,7,10H2,(H,17,19). The SMILES string of the molecule is O=C(NCc1cccs1)c1cc(F)ccc1C#CCO. The van der Waals surface area contributed by atoms with E-state index in [1.54, 1.807) is 0 Å². The van der Waals surface area contributed by atoms with Crippen LogP contribution in [0.15, 0.2) is 35.7 Å². The van der Waals surface area contributed by atoms with Crippen molar-refractivity contribution in [2.75, 3.05) is 6.61 Å². The average Bonchev–Trinajstić information content (AvgIpc) is 2.96. The number of thiophene rings is 1. The smallest absolute Gasteiger partial charge is 0.252 e. The molecule has 0 unspecified atom stereocenters. The molecule has 2 rings (SSSR count). The molecule has 2 N–H and O–H groups in total. The Kier molecular flexibility index (Phi) is 4.88. The average molecular weight is 289 g/mol. The number of carbonyl (C=O) groups excluding carboxylic acids is 1. The summed E-state index contributed by atoms with van der Waals surface area (Å²) >= 11 is 1.53.